The lowest BCUT2D eigenvalue weighted by molar-refractivity contribution is 0.0562. The first-order chi connectivity index (χ1) is 7.67. The maximum Gasteiger partial charge on any atom is 0.373 e. The Kier molecular flexibility index (Phi) is 4.97. The van der Waals surface area contributed by atoms with E-state index in [4.69, 9.17) is 14.6 Å². The predicted octanol–water partition coefficient (Wildman–Crippen LogP) is -0.491. The molecule has 16 heavy (non-hydrogen) atoms. The number of hydrogen-bond donors (Lipinski definition) is 3. The van der Waals surface area contributed by atoms with Crippen molar-refractivity contribution in [3.05, 3.63) is 23.7 Å². The van der Waals surface area contributed by atoms with E-state index >= 15 is 0 Å². The summed E-state index contributed by atoms with van der Waals surface area (Å²) in [7, 11) is 1.28. The molecule has 1 heterocycles. The van der Waals surface area contributed by atoms with Crippen molar-refractivity contribution in [1.29, 1.82) is 0 Å². The van der Waals surface area contributed by atoms with E-state index in [2.05, 4.69) is 10.1 Å². The van der Waals surface area contributed by atoms with Crippen LogP contribution in [0.2, 0.25) is 0 Å². The van der Waals surface area contributed by atoms with Crippen LogP contribution in [0.4, 0.5) is 0 Å². The molecule has 1 rings (SSSR count). The molecule has 1 aromatic heterocycles. The fraction of sp³-hybridized carbons (Fsp3) is 0.500. The number of carbonyl (C=O) groups is 1. The highest BCUT2D eigenvalue weighted by Gasteiger charge is 2.10. The number of hydrogen-bond acceptors (Lipinski definition) is 6. The fourth-order valence-corrected chi connectivity index (χ4v) is 1.11. The normalized spacial score (nSPS) is 12.4. The molecular formula is C10H15NO5. The molecular weight excluding hydrogens is 214 g/mol. The summed E-state index contributed by atoms with van der Waals surface area (Å²) in [4.78, 5) is 11.0. The van der Waals surface area contributed by atoms with Crippen LogP contribution in [0, 0.1) is 0 Å². The molecule has 1 atom stereocenters. The number of methoxy groups -OCH3 is 1. The average Bonchev–Trinajstić information content (AvgIpc) is 2.76. The summed E-state index contributed by atoms with van der Waals surface area (Å²) in [6.45, 7) is 0.331. The minimum absolute atomic E-state index is 0.141. The summed E-state index contributed by atoms with van der Waals surface area (Å²) < 4.78 is 9.65. The predicted molar refractivity (Wildman–Crippen MR) is 54.8 cm³/mol. The summed E-state index contributed by atoms with van der Waals surface area (Å²) in [6, 6.07) is 3.16. The largest absolute Gasteiger partial charge is 0.463 e. The lowest BCUT2D eigenvalue weighted by atomic mass is 10.3. The summed E-state index contributed by atoms with van der Waals surface area (Å²) in [5, 5.41) is 20.5. The number of aliphatic hydroxyl groups excluding tert-OH is 2. The Hall–Kier alpha value is -1.37. The van der Waals surface area contributed by atoms with Crippen LogP contribution in [-0.2, 0) is 11.3 Å². The van der Waals surface area contributed by atoms with Crippen molar-refractivity contribution in [2.45, 2.75) is 12.6 Å². The standard InChI is InChI=1S/C10H15NO5/c1-15-10(14)9-3-2-8(16-9)5-11-4-7(13)6-12/h2-3,7,11-13H,4-6H2,1H3. The second-order valence-electron chi connectivity index (χ2n) is 3.22. The van der Waals surface area contributed by atoms with Gasteiger partial charge in [-0.15, -0.1) is 0 Å². The highest BCUT2D eigenvalue weighted by molar-refractivity contribution is 5.86. The number of rotatable bonds is 6. The third kappa shape index (κ3) is 3.65. The van der Waals surface area contributed by atoms with Gasteiger partial charge in [-0.1, -0.05) is 0 Å². The van der Waals surface area contributed by atoms with E-state index in [1.54, 1.807) is 6.07 Å². The fourth-order valence-electron chi connectivity index (χ4n) is 1.11. The Bertz CT molecular complexity index is 336. The van der Waals surface area contributed by atoms with E-state index in [0.717, 1.165) is 0 Å². The molecule has 0 spiro atoms. The maximum atomic E-state index is 11.0. The van der Waals surface area contributed by atoms with E-state index < -0.39 is 12.1 Å². The van der Waals surface area contributed by atoms with Gasteiger partial charge < -0.3 is 24.7 Å². The first-order valence-electron chi connectivity index (χ1n) is 4.84. The van der Waals surface area contributed by atoms with Gasteiger partial charge in [-0.2, -0.15) is 0 Å². The second kappa shape index (κ2) is 6.26. The summed E-state index contributed by atoms with van der Waals surface area (Å²) in [5.41, 5.74) is 0. The Morgan fingerprint density at radius 2 is 2.38 bits per heavy atom. The first kappa shape index (κ1) is 12.7. The molecule has 3 N–H and O–H groups in total. The van der Waals surface area contributed by atoms with Crippen LogP contribution in [-0.4, -0.2) is 42.5 Å². The Morgan fingerprint density at radius 1 is 1.62 bits per heavy atom. The Labute approximate surface area is 92.8 Å². The molecule has 0 aliphatic heterocycles. The molecule has 0 saturated carbocycles. The van der Waals surface area contributed by atoms with Gasteiger partial charge in [-0.3, -0.25) is 0 Å². The summed E-state index contributed by atoms with van der Waals surface area (Å²) in [6.07, 6.45) is -0.796. The van der Waals surface area contributed by atoms with Crippen molar-refractivity contribution in [2.75, 3.05) is 20.3 Å². The second-order valence-corrected chi connectivity index (χ2v) is 3.22. The molecule has 0 radical (unpaired) electrons. The van der Waals surface area contributed by atoms with Crippen molar-refractivity contribution in [1.82, 2.24) is 5.32 Å². The van der Waals surface area contributed by atoms with Gasteiger partial charge in [0.25, 0.3) is 0 Å². The zero-order chi connectivity index (χ0) is 12.0. The molecule has 6 nitrogen and oxygen atoms in total. The molecule has 0 amide bonds. The monoisotopic (exact) mass is 229 g/mol. The van der Waals surface area contributed by atoms with Crippen LogP contribution in [0.3, 0.4) is 0 Å². The number of nitrogens with one attached hydrogen (secondary N) is 1. The maximum absolute atomic E-state index is 11.0. The van der Waals surface area contributed by atoms with E-state index in [0.29, 0.717) is 12.3 Å². The number of carbonyl (C=O) groups excluding carboxylic acids is 1. The third-order valence-corrected chi connectivity index (χ3v) is 1.94. The minimum Gasteiger partial charge on any atom is -0.463 e. The zero-order valence-electron chi connectivity index (χ0n) is 8.97. The van der Waals surface area contributed by atoms with Crippen LogP contribution in [0.5, 0.6) is 0 Å². The lowest BCUT2D eigenvalue weighted by Crippen LogP contribution is -2.28. The first-order valence-corrected chi connectivity index (χ1v) is 4.84. The third-order valence-electron chi connectivity index (χ3n) is 1.94. The van der Waals surface area contributed by atoms with Crippen molar-refractivity contribution in [2.24, 2.45) is 0 Å². The summed E-state index contributed by atoms with van der Waals surface area (Å²) in [5.74, 6) is 0.175. The van der Waals surface area contributed by atoms with Crippen LogP contribution < -0.4 is 5.32 Å². The molecule has 0 aliphatic rings. The van der Waals surface area contributed by atoms with Gasteiger partial charge in [0.1, 0.15) is 5.76 Å². The molecule has 1 aromatic rings. The van der Waals surface area contributed by atoms with Gasteiger partial charge in [-0.25, -0.2) is 4.79 Å². The topological polar surface area (TPSA) is 91.9 Å². The van der Waals surface area contributed by atoms with Crippen molar-refractivity contribution in [3.63, 3.8) is 0 Å². The highest BCUT2D eigenvalue weighted by Crippen LogP contribution is 2.08. The van der Waals surface area contributed by atoms with Crippen LogP contribution >= 0.6 is 0 Å². The Balaban J connectivity index is 2.38. The smallest absolute Gasteiger partial charge is 0.373 e. The van der Waals surface area contributed by atoms with Gasteiger partial charge in [0, 0.05) is 6.54 Å². The Morgan fingerprint density at radius 3 is 3.00 bits per heavy atom. The highest BCUT2D eigenvalue weighted by atomic mass is 16.5. The SMILES string of the molecule is COC(=O)c1ccc(CNCC(O)CO)o1. The van der Waals surface area contributed by atoms with E-state index in [1.807, 2.05) is 0 Å². The van der Waals surface area contributed by atoms with Crippen LogP contribution in [0.1, 0.15) is 16.3 Å². The van der Waals surface area contributed by atoms with E-state index in [-0.39, 0.29) is 18.9 Å². The molecule has 1 unspecified atom stereocenters. The van der Waals surface area contributed by atoms with Crippen LogP contribution in [0.15, 0.2) is 16.5 Å². The molecule has 90 valence electrons. The van der Waals surface area contributed by atoms with Crippen molar-refractivity contribution in [3.8, 4) is 0 Å². The lowest BCUT2D eigenvalue weighted by Gasteiger charge is -2.06. The van der Waals surface area contributed by atoms with Crippen molar-refractivity contribution < 1.29 is 24.2 Å². The van der Waals surface area contributed by atoms with Gasteiger partial charge >= 0.3 is 5.97 Å². The zero-order valence-corrected chi connectivity index (χ0v) is 8.97. The van der Waals surface area contributed by atoms with Gasteiger partial charge in [0.2, 0.25) is 5.76 Å². The van der Waals surface area contributed by atoms with Crippen molar-refractivity contribution >= 4 is 5.97 Å². The number of furan rings is 1. The molecule has 0 aliphatic carbocycles. The molecule has 0 bridgehead atoms. The quantitative estimate of drug-likeness (QED) is 0.570. The van der Waals surface area contributed by atoms with E-state index in [9.17, 15) is 4.79 Å². The van der Waals surface area contributed by atoms with Crippen LogP contribution in [0.25, 0.3) is 0 Å². The van der Waals surface area contributed by atoms with Gasteiger partial charge in [-0.05, 0) is 12.1 Å². The summed E-state index contributed by atoms with van der Waals surface area (Å²) >= 11 is 0. The molecule has 0 fully saturated rings. The number of ether oxygens (including phenoxy) is 1. The number of aliphatic hydroxyl groups is 2. The van der Waals surface area contributed by atoms with Gasteiger partial charge in [0.05, 0.1) is 26.4 Å². The average molecular weight is 229 g/mol. The molecule has 0 saturated heterocycles. The molecule has 6 heteroatoms. The number of esters is 1. The van der Waals surface area contributed by atoms with Gasteiger partial charge in [0.15, 0.2) is 0 Å². The minimum atomic E-state index is -0.796. The van der Waals surface area contributed by atoms with E-state index in [1.165, 1.54) is 13.2 Å². The molecule has 0 aromatic carbocycles.